The minimum absolute atomic E-state index is 0.257. The van der Waals surface area contributed by atoms with E-state index in [2.05, 4.69) is 4.98 Å². The molecule has 3 aromatic rings. The SMILES string of the molecule is Cc1nc2c(C)cc(N)cn2c1-c1cccc(F)c1. The summed E-state index contributed by atoms with van der Waals surface area (Å²) in [7, 11) is 0. The van der Waals surface area contributed by atoms with Crippen LogP contribution >= 0.6 is 0 Å². The predicted molar refractivity (Wildman–Crippen MR) is 74.5 cm³/mol. The molecule has 0 saturated heterocycles. The molecule has 3 nitrogen and oxygen atoms in total. The van der Waals surface area contributed by atoms with Crippen molar-refractivity contribution in [3.05, 3.63) is 53.6 Å². The van der Waals surface area contributed by atoms with Crippen molar-refractivity contribution in [2.75, 3.05) is 5.73 Å². The highest BCUT2D eigenvalue weighted by Gasteiger charge is 2.13. The molecule has 2 N–H and O–H groups in total. The van der Waals surface area contributed by atoms with E-state index in [1.54, 1.807) is 6.07 Å². The largest absolute Gasteiger partial charge is 0.398 e. The van der Waals surface area contributed by atoms with Gasteiger partial charge in [-0.2, -0.15) is 0 Å². The lowest BCUT2D eigenvalue weighted by Gasteiger charge is -2.06. The third-order valence-electron chi connectivity index (χ3n) is 3.20. The van der Waals surface area contributed by atoms with Gasteiger partial charge < -0.3 is 5.73 Å². The Bertz CT molecular complexity index is 774. The Morgan fingerprint density at radius 1 is 1.21 bits per heavy atom. The van der Waals surface area contributed by atoms with E-state index in [0.29, 0.717) is 5.69 Å². The summed E-state index contributed by atoms with van der Waals surface area (Å²) in [5.74, 6) is -0.257. The summed E-state index contributed by atoms with van der Waals surface area (Å²) in [6.45, 7) is 3.89. The molecule has 0 radical (unpaired) electrons. The van der Waals surface area contributed by atoms with Gasteiger partial charge in [-0.1, -0.05) is 12.1 Å². The number of nitrogen functional groups attached to an aromatic ring is 1. The first kappa shape index (κ1) is 11.7. The van der Waals surface area contributed by atoms with E-state index in [-0.39, 0.29) is 5.82 Å². The predicted octanol–water partition coefficient (Wildman–Crippen LogP) is 3.34. The van der Waals surface area contributed by atoms with Crippen molar-refractivity contribution < 1.29 is 4.39 Å². The van der Waals surface area contributed by atoms with Gasteiger partial charge in [0.15, 0.2) is 0 Å². The minimum Gasteiger partial charge on any atom is -0.398 e. The van der Waals surface area contributed by atoms with Crippen molar-refractivity contribution >= 4 is 11.3 Å². The number of aryl methyl sites for hydroxylation is 2. The van der Waals surface area contributed by atoms with Gasteiger partial charge >= 0.3 is 0 Å². The Morgan fingerprint density at radius 2 is 2.00 bits per heavy atom. The maximum atomic E-state index is 13.4. The van der Waals surface area contributed by atoms with E-state index >= 15 is 0 Å². The number of pyridine rings is 1. The average Bonchev–Trinajstić information content (AvgIpc) is 2.66. The molecule has 0 aliphatic rings. The lowest BCUT2D eigenvalue weighted by atomic mass is 10.1. The van der Waals surface area contributed by atoms with Crippen molar-refractivity contribution in [1.29, 1.82) is 0 Å². The van der Waals surface area contributed by atoms with Crippen molar-refractivity contribution in [2.24, 2.45) is 0 Å². The van der Waals surface area contributed by atoms with Gasteiger partial charge in [0, 0.05) is 17.4 Å². The Hall–Kier alpha value is -2.36. The molecule has 1 aromatic carbocycles. The topological polar surface area (TPSA) is 43.3 Å². The van der Waals surface area contributed by atoms with Crippen molar-refractivity contribution in [2.45, 2.75) is 13.8 Å². The van der Waals surface area contributed by atoms with Gasteiger partial charge in [-0.3, -0.25) is 4.40 Å². The standard InChI is InChI=1S/C15H14FN3/c1-9-6-13(17)8-19-14(10(2)18-15(9)19)11-4-3-5-12(16)7-11/h3-8H,17H2,1-2H3. The first-order valence-corrected chi connectivity index (χ1v) is 6.07. The molecule has 2 aromatic heterocycles. The lowest BCUT2D eigenvalue weighted by Crippen LogP contribution is -1.95. The van der Waals surface area contributed by atoms with Crippen LogP contribution in [0.3, 0.4) is 0 Å². The molecule has 0 spiro atoms. The fraction of sp³-hybridized carbons (Fsp3) is 0.133. The zero-order chi connectivity index (χ0) is 13.6. The molecule has 0 fully saturated rings. The molecule has 3 rings (SSSR count). The van der Waals surface area contributed by atoms with Crippen LogP contribution in [0.25, 0.3) is 16.9 Å². The number of hydrogen-bond donors (Lipinski definition) is 1. The molecule has 0 unspecified atom stereocenters. The van der Waals surface area contributed by atoms with Crippen LogP contribution in [0.2, 0.25) is 0 Å². The second kappa shape index (κ2) is 4.09. The van der Waals surface area contributed by atoms with Crippen LogP contribution < -0.4 is 5.73 Å². The molecule has 0 aliphatic heterocycles. The van der Waals surface area contributed by atoms with Gasteiger partial charge in [0.05, 0.1) is 11.4 Å². The average molecular weight is 255 g/mol. The molecule has 0 aliphatic carbocycles. The highest BCUT2D eigenvalue weighted by atomic mass is 19.1. The van der Waals surface area contributed by atoms with Gasteiger partial charge in [0.1, 0.15) is 11.5 Å². The molecule has 0 amide bonds. The first-order chi connectivity index (χ1) is 9.06. The van der Waals surface area contributed by atoms with Gasteiger partial charge in [0.25, 0.3) is 0 Å². The molecule has 0 atom stereocenters. The lowest BCUT2D eigenvalue weighted by molar-refractivity contribution is 0.628. The van der Waals surface area contributed by atoms with Crippen LogP contribution in [-0.2, 0) is 0 Å². The fourth-order valence-electron chi connectivity index (χ4n) is 2.43. The smallest absolute Gasteiger partial charge is 0.140 e. The number of hydrogen-bond acceptors (Lipinski definition) is 2. The summed E-state index contributed by atoms with van der Waals surface area (Å²) in [6, 6.07) is 8.40. The number of rotatable bonds is 1. The Balaban J connectivity index is 2.38. The molecule has 0 saturated carbocycles. The number of nitrogens with two attached hydrogens (primary N) is 1. The van der Waals surface area contributed by atoms with Crippen LogP contribution in [0.1, 0.15) is 11.3 Å². The van der Waals surface area contributed by atoms with Crippen molar-refractivity contribution in [1.82, 2.24) is 9.38 Å². The zero-order valence-electron chi connectivity index (χ0n) is 10.8. The summed E-state index contributed by atoms with van der Waals surface area (Å²) in [5, 5.41) is 0. The molecule has 96 valence electrons. The number of imidazole rings is 1. The van der Waals surface area contributed by atoms with Crippen LogP contribution in [0.15, 0.2) is 36.5 Å². The number of halogens is 1. The second-order valence-electron chi connectivity index (χ2n) is 4.71. The fourth-order valence-corrected chi connectivity index (χ4v) is 2.43. The third kappa shape index (κ3) is 1.85. The quantitative estimate of drug-likeness (QED) is 0.724. The number of anilines is 1. The van der Waals surface area contributed by atoms with E-state index in [1.807, 2.05) is 36.6 Å². The van der Waals surface area contributed by atoms with Crippen molar-refractivity contribution in [3.63, 3.8) is 0 Å². The van der Waals surface area contributed by atoms with Gasteiger partial charge in [-0.25, -0.2) is 9.37 Å². The van der Waals surface area contributed by atoms with Gasteiger partial charge in [-0.05, 0) is 37.6 Å². The van der Waals surface area contributed by atoms with E-state index < -0.39 is 0 Å². The van der Waals surface area contributed by atoms with Gasteiger partial charge in [0.2, 0.25) is 0 Å². The zero-order valence-corrected chi connectivity index (χ0v) is 10.8. The minimum atomic E-state index is -0.257. The highest BCUT2D eigenvalue weighted by molar-refractivity contribution is 5.70. The summed E-state index contributed by atoms with van der Waals surface area (Å²) >= 11 is 0. The third-order valence-corrected chi connectivity index (χ3v) is 3.20. The monoisotopic (exact) mass is 255 g/mol. The van der Waals surface area contributed by atoms with Crippen LogP contribution in [0.4, 0.5) is 10.1 Å². The van der Waals surface area contributed by atoms with E-state index in [9.17, 15) is 4.39 Å². The molecule has 4 heteroatoms. The Labute approximate surface area is 110 Å². The Morgan fingerprint density at radius 3 is 2.74 bits per heavy atom. The summed E-state index contributed by atoms with van der Waals surface area (Å²) < 4.78 is 15.3. The van der Waals surface area contributed by atoms with Crippen LogP contribution in [0, 0.1) is 19.7 Å². The number of nitrogens with zero attached hydrogens (tertiary/aromatic N) is 2. The molecule has 2 heterocycles. The van der Waals surface area contributed by atoms with E-state index in [1.165, 1.54) is 12.1 Å². The molecular weight excluding hydrogens is 241 g/mol. The van der Waals surface area contributed by atoms with Crippen LogP contribution in [-0.4, -0.2) is 9.38 Å². The second-order valence-corrected chi connectivity index (χ2v) is 4.71. The van der Waals surface area contributed by atoms with Gasteiger partial charge in [-0.15, -0.1) is 0 Å². The number of aromatic nitrogens is 2. The first-order valence-electron chi connectivity index (χ1n) is 6.07. The highest BCUT2D eigenvalue weighted by Crippen LogP contribution is 2.27. The summed E-state index contributed by atoms with van der Waals surface area (Å²) in [6.07, 6.45) is 1.82. The molecule has 0 bridgehead atoms. The van der Waals surface area contributed by atoms with Crippen LogP contribution in [0.5, 0.6) is 0 Å². The van der Waals surface area contributed by atoms with E-state index in [4.69, 9.17) is 5.73 Å². The molecular formula is C15H14FN3. The summed E-state index contributed by atoms with van der Waals surface area (Å²) in [5.41, 5.74) is 11.0. The molecule has 19 heavy (non-hydrogen) atoms. The summed E-state index contributed by atoms with van der Waals surface area (Å²) in [4.78, 5) is 4.54. The number of benzene rings is 1. The number of fused-ring (bicyclic) bond motifs is 1. The normalized spacial score (nSPS) is 11.1. The maximum Gasteiger partial charge on any atom is 0.140 e. The van der Waals surface area contributed by atoms with E-state index in [0.717, 1.165) is 28.2 Å². The Kier molecular flexibility index (Phi) is 2.52. The maximum absolute atomic E-state index is 13.4. The van der Waals surface area contributed by atoms with Crippen molar-refractivity contribution in [3.8, 4) is 11.3 Å².